The molecule has 0 aliphatic heterocycles. The lowest BCUT2D eigenvalue weighted by Crippen LogP contribution is -2.11. The Morgan fingerprint density at radius 2 is 1.83 bits per heavy atom. The van der Waals surface area contributed by atoms with Crippen LogP contribution in [0.5, 0.6) is 0 Å². The Morgan fingerprint density at radius 3 is 2.67 bits per heavy atom. The third-order valence-corrected chi connectivity index (χ3v) is 3.03. The molecule has 2 heterocycles. The zero-order chi connectivity index (χ0) is 12.4. The van der Waals surface area contributed by atoms with Crippen LogP contribution >= 0.6 is 0 Å². The Balaban J connectivity index is 2.04. The SMILES string of the molecule is NC(c1cccnc1)c1ccc2cccnc2c1. The molecule has 0 radical (unpaired) electrons. The number of rotatable bonds is 2. The zero-order valence-corrected chi connectivity index (χ0v) is 9.82. The smallest absolute Gasteiger partial charge is 0.0705 e. The molecule has 0 amide bonds. The molecule has 2 N–H and O–H groups in total. The van der Waals surface area contributed by atoms with Crippen molar-refractivity contribution in [2.24, 2.45) is 5.73 Å². The fourth-order valence-corrected chi connectivity index (χ4v) is 2.03. The van der Waals surface area contributed by atoms with Crippen molar-refractivity contribution in [3.8, 4) is 0 Å². The van der Waals surface area contributed by atoms with E-state index in [1.807, 2.05) is 42.5 Å². The number of pyridine rings is 2. The van der Waals surface area contributed by atoms with Crippen molar-refractivity contribution in [3.05, 3.63) is 72.2 Å². The summed E-state index contributed by atoms with van der Waals surface area (Å²) in [6.07, 6.45) is 5.34. The van der Waals surface area contributed by atoms with Gasteiger partial charge in [-0.05, 0) is 29.3 Å². The first kappa shape index (κ1) is 10.9. The van der Waals surface area contributed by atoms with Crippen LogP contribution < -0.4 is 5.73 Å². The van der Waals surface area contributed by atoms with Gasteiger partial charge in [-0.2, -0.15) is 0 Å². The Kier molecular flexibility index (Phi) is 2.74. The van der Waals surface area contributed by atoms with Crippen LogP contribution in [0.25, 0.3) is 10.9 Å². The highest BCUT2D eigenvalue weighted by atomic mass is 14.7. The molecule has 0 aliphatic carbocycles. The monoisotopic (exact) mass is 235 g/mol. The van der Waals surface area contributed by atoms with Gasteiger partial charge in [0.05, 0.1) is 11.6 Å². The third kappa shape index (κ3) is 1.96. The fourth-order valence-electron chi connectivity index (χ4n) is 2.03. The molecule has 0 saturated heterocycles. The van der Waals surface area contributed by atoms with Crippen molar-refractivity contribution in [1.29, 1.82) is 0 Å². The van der Waals surface area contributed by atoms with E-state index in [9.17, 15) is 0 Å². The van der Waals surface area contributed by atoms with Gasteiger partial charge < -0.3 is 5.73 Å². The molecule has 3 aromatic rings. The Morgan fingerprint density at radius 1 is 0.944 bits per heavy atom. The molecule has 1 atom stereocenters. The van der Waals surface area contributed by atoms with Crippen molar-refractivity contribution in [3.63, 3.8) is 0 Å². The van der Waals surface area contributed by atoms with Crippen LogP contribution in [0.1, 0.15) is 17.2 Å². The van der Waals surface area contributed by atoms with E-state index >= 15 is 0 Å². The number of nitrogens with two attached hydrogens (primary N) is 1. The average Bonchev–Trinajstić information content (AvgIpc) is 2.47. The van der Waals surface area contributed by atoms with Gasteiger partial charge in [-0.15, -0.1) is 0 Å². The molecule has 3 nitrogen and oxygen atoms in total. The van der Waals surface area contributed by atoms with Crippen molar-refractivity contribution in [1.82, 2.24) is 9.97 Å². The van der Waals surface area contributed by atoms with E-state index in [1.165, 1.54) is 0 Å². The molecular formula is C15H13N3. The minimum Gasteiger partial charge on any atom is -0.320 e. The molecule has 0 bridgehead atoms. The maximum atomic E-state index is 6.24. The van der Waals surface area contributed by atoms with E-state index in [4.69, 9.17) is 5.73 Å². The average molecular weight is 235 g/mol. The molecule has 0 fully saturated rings. The lowest BCUT2D eigenvalue weighted by atomic mass is 10.00. The van der Waals surface area contributed by atoms with Gasteiger partial charge in [0.2, 0.25) is 0 Å². The molecule has 3 rings (SSSR count). The lowest BCUT2D eigenvalue weighted by molar-refractivity contribution is 0.864. The minimum absolute atomic E-state index is 0.162. The summed E-state index contributed by atoms with van der Waals surface area (Å²) in [5.41, 5.74) is 9.26. The normalized spacial score (nSPS) is 12.5. The summed E-state index contributed by atoms with van der Waals surface area (Å²) in [6, 6.07) is 13.8. The first-order chi connectivity index (χ1) is 8.84. The fraction of sp³-hybridized carbons (Fsp3) is 0.0667. The van der Waals surface area contributed by atoms with Crippen LogP contribution in [-0.2, 0) is 0 Å². The van der Waals surface area contributed by atoms with E-state index in [0.29, 0.717) is 0 Å². The van der Waals surface area contributed by atoms with E-state index in [1.54, 1.807) is 18.6 Å². The van der Waals surface area contributed by atoms with E-state index in [2.05, 4.69) is 9.97 Å². The molecule has 88 valence electrons. The molecule has 18 heavy (non-hydrogen) atoms. The van der Waals surface area contributed by atoms with Gasteiger partial charge in [-0.25, -0.2) is 0 Å². The number of fused-ring (bicyclic) bond motifs is 1. The zero-order valence-electron chi connectivity index (χ0n) is 9.82. The first-order valence-corrected chi connectivity index (χ1v) is 5.85. The number of aromatic nitrogens is 2. The molecule has 0 aliphatic rings. The lowest BCUT2D eigenvalue weighted by Gasteiger charge is -2.12. The molecule has 0 saturated carbocycles. The van der Waals surface area contributed by atoms with E-state index in [-0.39, 0.29) is 6.04 Å². The number of hydrogen-bond acceptors (Lipinski definition) is 3. The maximum Gasteiger partial charge on any atom is 0.0705 e. The summed E-state index contributed by atoms with van der Waals surface area (Å²) in [5, 5.41) is 1.12. The summed E-state index contributed by atoms with van der Waals surface area (Å²) < 4.78 is 0. The van der Waals surface area contributed by atoms with Crippen molar-refractivity contribution < 1.29 is 0 Å². The predicted molar refractivity (Wildman–Crippen MR) is 72.0 cm³/mol. The number of hydrogen-bond donors (Lipinski definition) is 1. The topological polar surface area (TPSA) is 51.8 Å². The Labute approximate surface area is 105 Å². The standard InChI is InChI=1S/C15H13N3/c16-15(13-4-1-7-17-10-13)12-6-5-11-3-2-8-18-14(11)9-12/h1-10,15H,16H2. The number of nitrogens with zero attached hydrogens (tertiary/aromatic N) is 2. The van der Waals surface area contributed by atoms with Crippen LogP contribution in [0.2, 0.25) is 0 Å². The highest BCUT2D eigenvalue weighted by Crippen LogP contribution is 2.22. The summed E-state index contributed by atoms with van der Waals surface area (Å²) in [4.78, 5) is 8.44. The largest absolute Gasteiger partial charge is 0.320 e. The van der Waals surface area contributed by atoms with Gasteiger partial charge >= 0.3 is 0 Å². The van der Waals surface area contributed by atoms with Crippen LogP contribution in [-0.4, -0.2) is 9.97 Å². The molecule has 0 spiro atoms. The summed E-state index contributed by atoms with van der Waals surface area (Å²) in [6.45, 7) is 0. The van der Waals surface area contributed by atoms with Gasteiger partial charge in [0.15, 0.2) is 0 Å². The highest BCUT2D eigenvalue weighted by Gasteiger charge is 2.09. The second-order valence-electron chi connectivity index (χ2n) is 4.22. The second-order valence-corrected chi connectivity index (χ2v) is 4.22. The first-order valence-electron chi connectivity index (χ1n) is 5.85. The Hall–Kier alpha value is -2.26. The summed E-state index contributed by atoms with van der Waals surface area (Å²) >= 11 is 0. The van der Waals surface area contributed by atoms with Crippen molar-refractivity contribution in [2.75, 3.05) is 0 Å². The molecule has 2 aromatic heterocycles. The van der Waals surface area contributed by atoms with Gasteiger partial charge in [-0.1, -0.05) is 24.3 Å². The van der Waals surface area contributed by atoms with Crippen LogP contribution in [0.3, 0.4) is 0 Å². The molecule has 3 heteroatoms. The molecule has 1 aromatic carbocycles. The minimum atomic E-state index is -0.162. The van der Waals surface area contributed by atoms with Crippen LogP contribution in [0, 0.1) is 0 Å². The van der Waals surface area contributed by atoms with E-state index < -0.39 is 0 Å². The van der Waals surface area contributed by atoms with E-state index in [0.717, 1.165) is 22.0 Å². The van der Waals surface area contributed by atoms with Crippen LogP contribution in [0.4, 0.5) is 0 Å². The molecular weight excluding hydrogens is 222 g/mol. The van der Waals surface area contributed by atoms with Gasteiger partial charge in [0.25, 0.3) is 0 Å². The molecule has 1 unspecified atom stereocenters. The Bertz CT molecular complexity index is 665. The van der Waals surface area contributed by atoms with Gasteiger partial charge in [0.1, 0.15) is 0 Å². The van der Waals surface area contributed by atoms with Crippen molar-refractivity contribution >= 4 is 10.9 Å². The summed E-state index contributed by atoms with van der Waals surface area (Å²) in [7, 11) is 0. The third-order valence-electron chi connectivity index (χ3n) is 3.03. The number of benzene rings is 1. The van der Waals surface area contributed by atoms with Crippen molar-refractivity contribution in [2.45, 2.75) is 6.04 Å². The summed E-state index contributed by atoms with van der Waals surface area (Å²) in [5.74, 6) is 0. The van der Waals surface area contributed by atoms with Crippen LogP contribution in [0.15, 0.2) is 61.1 Å². The van der Waals surface area contributed by atoms with Gasteiger partial charge in [-0.3, -0.25) is 9.97 Å². The predicted octanol–water partition coefficient (Wildman–Crippen LogP) is 2.68. The quantitative estimate of drug-likeness (QED) is 0.743. The highest BCUT2D eigenvalue weighted by molar-refractivity contribution is 5.79. The second kappa shape index (κ2) is 4.55. The maximum absolute atomic E-state index is 6.24. The van der Waals surface area contributed by atoms with Gasteiger partial charge in [0, 0.05) is 24.0 Å².